The number of fused-ring (bicyclic) bond motifs is 4. The first-order chi connectivity index (χ1) is 17.3. The monoisotopic (exact) mass is 514 g/mol. The molecule has 0 aliphatic rings. The number of para-hydroxylation sites is 1. The van der Waals surface area contributed by atoms with E-state index in [-0.39, 0.29) is 0 Å². The number of rotatable bonds is 3. The fraction of sp³-hybridized carbons (Fsp3) is 0. The molecule has 3 heterocycles. The molecule has 7 rings (SSSR count). The van der Waals surface area contributed by atoms with Gasteiger partial charge in [-0.1, -0.05) is 76.6 Å². The van der Waals surface area contributed by atoms with Gasteiger partial charge in [-0.3, -0.25) is 4.40 Å². The third kappa shape index (κ3) is 3.20. The van der Waals surface area contributed by atoms with E-state index >= 15 is 0 Å². The number of imidazole rings is 1. The van der Waals surface area contributed by atoms with Crippen molar-refractivity contribution in [3.63, 3.8) is 0 Å². The largest absolute Gasteiger partial charge is 0.309 e. The molecule has 35 heavy (non-hydrogen) atoms. The number of nitrogens with zero attached hydrogens (tertiary/aromatic N) is 4. The van der Waals surface area contributed by atoms with Crippen molar-refractivity contribution >= 4 is 43.5 Å². The van der Waals surface area contributed by atoms with E-state index in [1.54, 1.807) is 6.20 Å². The Balaban J connectivity index is 1.43. The van der Waals surface area contributed by atoms with Gasteiger partial charge in [0.1, 0.15) is 0 Å². The van der Waals surface area contributed by atoms with E-state index in [0.717, 1.165) is 32.7 Å². The summed E-state index contributed by atoms with van der Waals surface area (Å²) >= 11 is 3.64. The summed E-state index contributed by atoms with van der Waals surface area (Å²) in [5, 5.41) is 2.48. The Morgan fingerprint density at radius 1 is 0.657 bits per heavy atom. The second kappa shape index (κ2) is 7.93. The van der Waals surface area contributed by atoms with Gasteiger partial charge in [0.15, 0.2) is 0 Å². The highest BCUT2D eigenvalue weighted by atomic mass is 79.9. The number of aromatic nitrogens is 4. The minimum Gasteiger partial charge on any atom is -0.309 e. The van der Waals surface area contributed by atoms with Gasteiger partial charge >= 0.3 is 0 Å². The van der Waals surface area contributed by atoms with Crippen LogP contribution in [-0.2, 0) is 0 Å². The van der Waals surface area contributed by atoms with Gasteiger partial charge in [0, 0.05) is 44.5 Å². The average Bonchev–Trinajstić information content (AvgIpc) is 3.45. The lowest BCUT2D eigenvalue weighted by Gasteiger charge is -2.10. The Hall–Kier alpha value is -4.22. The maximum atomic E-state index is 4.86. The molecule has 166 valence electrons. The van der Waals surface area contributed by atoms with Gasteiger partial charge in [0.2, 0.25) is 5.78 Å². The zero-order valence-electron chi connectivity index (χ0n) is 18.6. The molecule has 0 N–H and O–H groups in total. The van der Waals surface area contributed by atoms with Crippen molar-refractivity contribution in [3.8, 4) is 28.2 Å². The molecule has 0 saturated carbocycles. The second-order valence-electron chi connectivity index (χ2n) is 8.53. The van der Waals surface area contributed by atoms with Crippen molar-refractivity contribution in [2.24, 2.45) is 0 Å². The van der Waals surface area contributed by atoms with Crippen molar-refractivity contribution in [2.75, 3.05) is 0 Å². The van der Waals surface area contributed by atoms with Crippen LogP contribution < -0.4 is 0 Å². The van der Waals surface area contributed by atoms with Crippen LogP contribution in [0.15, 0.2) is 120 Å². The minimum atomic E-state index is 0.693. The van der Waals surface area contributed by atoms with Gasteiger partial charge in [-0.15, -0.1) is 0 Å². The van der Waals surface area contributed by atoms with E-state index in [4.69, 9.17) is 4.98 Å². The van der Waals surface area contributed by atoms with Crippen molar-refractivity contribution in [2.45, 2.75) is 0 Å². The lowest BCUT2D eigenvalue weighted by atomic mass is 10.0. The van der Waals surface area contributed by atoms with Crippen LogP contribution in [0.5, 0.6) is 0 Å². The highest BCUT2D eigenvalue weighted by Crippen LogP contribution is 2.36. The quantitative estimate of drug-likeness (QED) is 0.240. The Labute approximate surface area is 210 Å². The molecule has 0 fully saturated rings. The fourth-order valence-electron chi connectivity index (χ4n) is 4.95. The number of hydrogen-bond donors (Lipinski definition) is 0. The molecule has 0 aliphatic carbocycles. The molecule has 3 aromatic heterocycles. The standard InChI is InChI=1S/C30H19BrN4/c31-22-13-16-27-25(19-22)24-9-4-5-10-26(24)35(27)23-14-11-21(12-15-23)29-28(20-7-2-1-3-8-20)33-30-32-17-6-18-34(29)30/h1-19H. The Morgan fingerprint density at radius 3 is 2.29 bits per heavy atom. The van der Waals surface area contributed by atoms with Crippen LogP contribution in [0.4, 0.5) is 0 Å². The molecular weight excluding hydrogens is 496 g/mol. The highest BCUT2D eigenvalue weighted by Gasteiger charge is 2.17. The molecule has 0 spiro atoms. The van der Waals surface area contributed by atoms with Gasteiger partial charge in [-0.2, -0.15) is 0 Å². The maximum Gasteiger partial charge on any atom is 0.234 e. The number of benzene rings is 4. The highest BCUT2D eigenvalue weighted by molar-refractivity contribution is 9.10. The Morgan fingerprint density at radius 2 is 1.43 bits per heavy atom. The third-order valence-corrected chi connectivity index (χ3v) is 6.98. The normalized spacial score (nSPS) is 11.6. The van der Waals surface area contributed by atoms with Gasteiger partial charge in [-0.25, -0.2) is 9.97 Å². The van der Waals surface area contributed by atoms with Gasteiger partial charge in [0.25, 0.3) is 0 Å². The van der Waals surface area contributed by atoms with Crippen LogP contribution in [-0.4, -0.2) is 18.9 Å². The van der Waals surface area contributed by atoms with E-state index in [9.17, 15) is 0 Å². The summed E-state index contributed by atoms with van der Waals surface area (Å²) in [5.74, 6) is 0.693. The van der Waals surface area contributed by atoms with Crippen LogP contribution >= 0.6 is 15.9 Å². The summed E-state index contributed by atoms with van der Waals surface area (Å²) in [6.07, 6.45) is 3.81. The van der Waals surface area contributed by atoms with Gasteiger partial charge in [0.05, 0.1) is 22.4 Å². The van der Waals surface area contributed by atoms with E-state index in [1.165, 1.54) is 21.8 Å². The zero-order valence-corrected chi connectivity index (χ0v) is 20.2. The molecule has 0 aliphatic heterocycles. The topological polar surface area (TPSA) is 35.1 Å². The first-order valence-corrected chi connectivity index (χ1v) is 12.3. The van der Waals surface area contributed by atoms with Crippen LogP contribution in [0.1, 0.15) is 0 Å². The zero-order chi connectivity index (χ0) is 23.4. The van der Waals surface area contributed by atoms with Crippen molar-refractivity contribution in [1.82, 2.24) is 18.9 Å². The summed E-state index contributed by atoms with van der Waals surface area (Å²) in [6, 6.07) is 36.0. The molecule has 0 unspecified atom stereocenters. The molecule has 4 aromatic carbocycles. The molecular formula is C30H19BrN4. The first-order valence-electron chi connectivity index (χ1n) is 11.5. The van der Waals surface area contributed by atoms with Gasteiger partial charge < -0.3 is 4.57 Å². The summed E-state index contributed by atoms with van der Waals surface area (Å²) < 4.78 is 5.47. The maximum absolute atomic E-state index is 4.86. The first kappa shape index (κ1) is 20.2. The minimum absolute atomic E-state index is 0.693. The lowest BCUT2D eigenvalue weighted by Crippen LogP contribution is -1.95. The van der Waals surface area contributed by atoms with Crippen molar-refractivity contribution in [1.29, 1.82) is 0 Å². The molecule has 4 nitrogen and oxygen atoms in total. The van der Waals surface area contributed by atoms with Crippen LogP contribution in [0.3, 0.4) is 0 Å². The summed E-state index contributed by atoms with van der Waals surface area (Å²) in [5.41, 5.74) is 7.64. The number of hydrogen-bond acceptors (Lipinski definition) is 2. The van der Waals surface area contributed by atoms with E-state index in [1.807, 2.05) is 30.5 Å². The van der Waals surface area contributed by atoms with Crippen LogP contribution in [0, 0.1) is 0 Å². The summed E-state index contributed by atoms with van der Waals surface area (Å²) in [6.45, 7) is 0. The fourth-order valence-corrected chi connectivity index (χ4v) is 5.31. The van der Waals surface area contributed by atoms with Crippen LogP contribution in [0.2, 0.25) is 0 Å². The molecule has 7 aromatic rings. The molecule has 5 heteroatoms. The molecule has 0 saturated heterocycles. The molecule has 0 radical (unpaired) electrons. The molecule has 0 bridgehead atoms. The SMILES string of the molecule is Brc1ccc2c(c1)c1ccccc1n2-c1ccc(-c2c(-c3ccccc3)nc3ncccn23)cc1. The van der Waals surface area contributed by atoms with E-state index < -0.39 is 0 Å². The van der Waals surface area contributed by atoms with E-state index in [2.05, 4.69) is 109 Å². The third-order valence-electron chi connectivity index (χ3n) is 6.48. The Bertz CT molecular complexity index is 1850. The molecule has 0 atom stereocenters. The van der Waals surface area contributed by atoms with Crippen LogP contribution in [0.25, 0.3) is 55.8 Å². The summed E-state index contributed by atoms with van der Waals surface area (Å²) in [7, 11) is 0. The van der Waals surface area contributed by atoms with Crippen molar-refractivity contribution in [3.05, 3.63) is 120 Å². The lowest BCUT2D eigenvalue weighted by molar-refractivity contribution is 1.11. The van der Waals surface area contributed by atoms with E-state index in [0.29, 0.717) is 5.78 Å². The molecule has 0 amide bonds. The predicted molar refractivity (Wildman–Crippen MR) is 146 cm³/mol. The summed E-state index contributed by atoms with van der Waals surface area (Å²) in [4.78, 5) is 9.35. The smallest absolute Gasteiger partial charge is 0.234 e. The predicted octanol–water partition coefficient (Wildman–Crippen LogP) is 7.92. The second-order valence-corrected chi connectivity index (χ2v) is 9.44. The van der Waals surface area contributed by atoms with Gasteiger partial charge in [-0.05, 0) is 42.5 Å². The average molecular weight is 515 g/mol. The number of halogens is 1. The Kier molecular flexibility index (Phi) is 4.57. The van der Waals surface area contributed by atoms with Crippen molar-refractivity contribution < 1.29 is 0 Å².